The normalized spacial score (nSPS) is 15.0. The van der Waals surface area contributed by atoms with Crippen molar-refractivity contribution >= 4 is 17.9 Å². The van der Waals surface area contributed by atoms with Crippen LogP contribution in [-0.4, -0.2) is 30.1 Å². The molecule has 0 aromatic carbocycles. The van der Waals surface area contributed by atoms with Crippen LogP contribution in [0.4, 0.5) is 0 Å². The van der Waals surface area contributed by atoms with Crippen molar-refractivity contribution in [1.82, 2.24) is 0 Å². The summed E-state index contributed by atoms with van der Waals surface area (Å²) in [6.07, 6.45) is 1.83. The summed E-state index contributed by atoms with van der Waals surface area (Å²) in [4.78, 5) is 34.3. The number of carbonyl (C=O) groups excluding carboxylic acids is 3. The summed E-state index contributed by atoms with van der Waals surface area (Å²) in [6.45, 7) is 11.7. The van der Waals surface area contributed by atoms with Gasteiger partial charge in [-0.3, -0.25) is 0 Å². The Morgan fingerprint density at radius 3 is 1.67 bits per heavy atom. The molecule has 0 aliphatic carbocycles. The van der Waals surface area contributed by atoms with E-state index in [1.807, 2.05) is 6.92 Å². The molecule has 2 atom stereocenters. The Labute approximate surface area is 186 Å². The minimum Gasteiger partial charge on any atom is -0.550 e. The predicted molar refractivity (Wildman–Crippen MR) is 83.1 cm³/mol. The van der Waals surface area contributed by atoms with Crippen molar-refractivity contribution in [3.05, 3.63) is 25.3 Å². The first-order valence-electron chi connectivity index (χ1n) is 7.58. The summed E-state index contributed by atoms with van der Waals surface area (Å²) in [6, 6.07) is 0. The zero-order valence-electron chi connectivity index (χ0n) is 15.0. The molecule has 0 spiro atoms. The number of ether oxygens (including phenoxy) is 2. The summed E-state index contributed by atoms with van der Waals surface area (Å²) >= 11 is 0. The van der Waals surface area contributed by atoms with E-state index < -0.39 is 35.5 Å². The third kappa shape index (κ3) is 9.13. The quantitative estimate of drug-likeness (QED) is 0.253. The Morgan fingerprint density at radius 1 is 1.04 bits per heavy atom. The van der Waals surface area contributed by atoms with Gasteiger partial charge in [-0.25, -0.2) is 9.59 Å². The van der Waals surface area contributed by atoms with Crippen LogP contribution in [0, 0.1) is 5.41 Å². The average molecular weight is 364 g/mol. The second kappa shape index (κ2) is 12.8. The molecule has 0 aliphatic heterocycles. The van der Waals surface area contributed by atoms with Gasteiger partial charge < -0.3 is 19.4 Å². The average Bonchev–Trinajstić information content (AvgIpc) is 2.46. The van der Waals surface area contributed by atoms with Gasteiger partial charge in [0.25, 0.3) is 0 Å². The largest absolute Gasteiger partial charge is 1.00 e. The van der Waals surface area contributed by atoms with Gasteiger partial charge in [-0.05, 0) is 33.1 Å². The smallest absolute Gasteiger partial charge is 0.550 e. The van der Waals surface area contributed by atoms with E-state index in [4.69, 9.17) is 9.47 Å². The van der Waals surface area contributed by atoms with Gasteiger partial charge in [0.15, 0.2) is 0 Å². The van der Waals surface area contributed by atoms with Gasteiger partial charge in [-0.1, -0.05) is 26.5 Å². The standard InChI is InChI=1S/C17H26O6.K/c1-6-9-17(16(20)21,10-12(4)22-14(18)7-2)11-13(5)23-15(19)8-3;/h7-8,12-13H,2-3,6,9-11H2,1,4-5H3,(H,20,21);/q;+1/p-1. The van der Waals surface area contributed by atoms with Gasteiger partial charge >= 0.3 is 63.3 Å². The van der Waals surface area contributed by atoms with Gasteiger partial charge in [0.1, 0.15) is 12.2 Å². The Balaban J connectivity index is 0. The Hall–Kier alpha value is -0.474. The summed E-state index contributed by atoms with van der Waals surface area (Å²) in [5.41, 5.74) is -1.25. The van der Waals surface area contributed by atoms with Gasteiger partial charge in [0.05, 0.1) is 0 Å². The zero-order chi connectivity index (χ0) is 18.0. The zero-order valence-corrected chi connectivity index (χ0v) is 18.1. The molecule has 0 saturated carbocycles. The first-order chi connectivity index (χ1) is 10.7. The molecule has 24 heavy (non-hydrogen) atoms. The van der Waals surface area contributed by atoms with Gasteiger partial charge in [-0.15, -0.1) is 0 Å². The van der Waals surface area contributed by atoms with Crippen molar-refractivity contribution in [1.29, 1.82) is 0 Å². The van der Waals surface area contributed by atoms with Crippen LogP contribution in [0.15, 0.2) is 25.3 Å². The number of carboxylic acid groups (broad SMARTS) is 1. The van der Waals surface area contributed by atoms with E-state index in [1.54, 1.807) is 13.8 Å². The van der Waals surface area contributed by atoms with E-state index in [0.717, 1.165) is 12.2 Å². The van der Waals surface area contributed by atoms with E-state index in [1.165, 1.54) is 0 Å². The molecule has 0 N–H and O–H groups in total. The summed E-state index contributed by atoms with van der Waals surface area (Å²) in [7, 11) is 0. The number of hydrogen-bond donors (Lipinski definition) is 0. The molecule has 0 fully saturated rings. The number of esters is 2. The molecule has 2 unspecified atom stereocenters. The third-order valence-electron chi connectivity index (χ3n) is 3.49. The monoisotopic (exact) mass is 364 g/mol. The topological polar surface area (TPSA) is 92.7 Å². The molecule has 0 rings (SSSR count). The fourth-order valence-electron chi connectivity index (χ4n) is 2.71. The molecule has 0 bridgehead atoms. The fraction of sp³-hybridized carbons (Fsp3) is 0.588. The summed E-state index contributed by atoms with van der Waals surface area (Å²) in [5, 5.41) is 11.8. The van der Waals surface area contributed by atoms with Crippen molar-refractivity contribution in [2.75, 3.05) is 0 Å². The van der Waals surface area contributed by atoms with Crippen LogP contribution in [0.25, 0.3) is 0 Å². The molecule has 0 radical (unpaired) electrons. The molecule has 6 nitrogen and oxygen atoms in total. The van der Waals surface area contributed by atoms with Crippen LogP contribution in [0.1, 0.15) is 46.5 Å². The van der Waals surface area contributed by atoms with Gasteiger partial charge in [-0.2, -0.15) is 0 Å². The van der Waals surface area contributed by atoms with Crippen LogP contribution in [0.3, 0.4) is 0 Å². The van der Waals surface area contributed by atoms with Crippen molar-refractivity contribution in [3.8, 4) is 0 Å². The minimum atomic E-state index is -1.25. The Morgan fingerprint density at radius 2 is 1.42 bits per heavy atom. The van der Waals surface area contributed by atoms with E-state index in [-0.39, 0.29) is 64.2 Å². The predicted octanol–water partition coefficient (Wildman–Crippen LogP) is -1.46. The molecule has 0 aliphatic rings. The van der Waals surface area contributed by atoms with E-state index in [2.05, 4.69) is 13.2 Å². The van der Waals surface area contributed by atoms with Crippen LogP contribution in [-0.2, 0) is 23.9 Å². The van der Waals surface area contributed by atoms with Crippen LogP contribution >= 0.6 is 0 Å². The van der Waals surface area contributed by atoms with Crippen LogP contribution in [0.5, 0.6) is 0 Å². The van der Waals surface area contributed by atoms with Crippen molar-refractivity contribution in [2.24, 2.45) is 5.41 Å². The summed E-state index contributed by atoms with van der Waals surface area (Å²) in [5.74, 6) is -2.48. The van der Waals surface area contributed by atoms with Crippen LogP contribution in [0.2, 0.25) is 0 Å². The fourth-order valence-corrected chi connectivity index (χ4v) is 2.71. The number of carbonyl (C=O) groups is 3. The summed E-state index contributed by atoms with van der Waals surface area (Å²) < 4.78 is 10.1. The maximum atomic E-state index is 11.8. The first kappa shape index (κ1) is 25.8. The van der Waals surface area contributed by atoms with E-state index in [9.17, 15) is 19.5 Å². The maximum Gasteiger partial charge on any atom is 1.00 e. The maximum absolute atomic E-state index is 11.8. The second-order valence-electron chi connectivity index (χ2n) is 5.63. The number of hydrogen-bond acceptors (Lipinski definition) is 6. The van der Waals surface area contributed by atoms with E-state index >= 15 is 0 Å². The molecule has 0 aromatic rings. The number of rotatable bonds is 11. The molecular formula is C17H25KO6. The van der Waals surface area contributed by atoms with Crippen molar-refractivity contribution in [3.63, 3.8) is 0 Å². The Bertz CT molecular complexity index is 430. The molecular weight excluding hydrogens is 339 g/mol. The second-order valence-corrected chi connectivity index (χ2v) is 5.63. The van der Waals surface area contributed by atoms with Crippen molar-refractivity contribution < 1.29 is 80.3 Å². The van der Waals surface area contributed by atoms with Gasteiger partial charge in [0, 0.05) is 23.5 Å². The molecule has 7 heteroatoms. The van der Waals surface area contributed by atoms with E-state index in [0.29, 0.717) is 12.8 Å². The minimum absolute atomic E-state index is 0. The molecule has 0 amide bonds. The Kier molecular flexibility index (Phi) is 13.8. The number of carboxylic acids is 1. The molecule has 0 heterocycles. The van der Waals surface area contributed by atoms with Crippen molar-refractivity contribution in [2.45, 2.75) is 58.7 Å². The third-order valence-corrected chi connectivity index (χ3v) is 3.49. The number of aliphatic carboxylic acids is 1. The first-order valence-corrected chi connectivity index (χ1v) is 7.58. The molecule has 130 valence electrons. The molecule has 0 aromatic heterocycles. The SMILES string of the molecule is C=CC(=O)OC(C)CC(CCC)(CC(C)OC(=O)C=C)C(=O)[O-].[K+]. The van der Waals surface area contributed by atoms with Crippen LogP contribution < -0.4 is 56.5 Å². The van der Waals surface area contributed by atoms with Gasteiger partial charge in [0.2, 0.25) is 0 Å². The molecule has 0 saturated heterocycles.